The van der Waals surface area contributed by atoms with Crippen molar-refractivity contribution >= 4 is 23.4 Å². The first-order chi connectivity index (χ1) is 13.7. The number of hydrogen-bond acceptors (Lipinski definition) is 6. The van der Waals surface area contributed by atoms with Crippen molar-refractivity contribution in [1.82, 2.24) is 25.0 Å². The monoisotopic (exact) mass is 411 g/mol. The fraction of sp³-hybridized carbons (Fsp3) is 0.200. The van der Waals surface area contributed by atoms with Crippen molar-refractivity contribution in [2.75, 3.05) is 0 Å². The lowest BCUT2D eigenvalue weighted by molar-refractivity contribution is 0.508. The first kappa shape index (κ1) is 18.7. The number of rotatable bonds is 6. The minimum Gasteiger partial charge on any atom is -0.419 e. The van der Waals surface area contributed by atoms with E-state index in [1.807, 2.05) is 61.5 Å². The molecular weight excluding hydrogens is 394 g/mol. The molecule has 0 bridgehead atoms. The number of hydrogen-bond donors (Lipinski definition) is 0. The van der Waals surface area contributed by atoms with Crippen LogP contribution in [-0.4, -0.2) is 25.0 Å². The number of aromatic nitrogens is 5. The van der Waals surface area contributed by atoms with Crippen LogP contribution in [0.25, 0.3) is 22.8 Å². The Morgan fingerprint density at radius 1 is 0.964 bits per heavy atom. The minimum absolute atomic E-state index is 0.0578. The Labute approximate surface area is 172 Å². The van der Waals surface area contributed by atoms with Gasteiger partial charge in [0.2, 0.25) is 11.8 Å². The van der Waals surface area contributed by atoms with Crippen LogP contribution in [0.3, 0.4) is 0 Å². The van der Waals surface area contributed by atoms with Crippen molar-refractivity contribution < 1.29 is 4.42 Å². The van der Waals surface area contributed by atoms with Gasteiger partial charge in [-0.25, -0.2) is 0 Å². The van der Waals surface area contributed by atoms with E-state index in [0.29, 0.717) is 16.8 Å². The van der Waals surface area contributed by atoms with Crippen molar-refractivity contribution in [3.8, 4) is 22.8 Å². The second-order valence-electron chi connectivity index (χ2n) is 6.13. The summed E-state index contributed by atoms with van der Waals surface area (Å²) in [6.45, 7) is 4.83. The average molecular weight is 412 g/mol. The lowest BCUT2D eigenvalue weighted by Crippen LogP contribution is -2.01. The topological polar surface area (TPSA) is 69.6 Å². The zero-order valence-electron chi connectivity index (χ0n) is 15.4. The highest BCUT2D eigenvalue weighted by Crippen LogP contribution is 2.35. The van der Waals surface area contributed by atoms with E-state index in [4.69, 9.17) is 16.0 Å². The molecule has 2 aromatic heterocycles. The van der Waals surface area contributed by atoms with Crippen LogP contribution in [0.4, 0.5) is 0 Å². The summed E-state index contributed by atoms with van der Waals surface area (Å²) >= 11 is 7.53. The summed E-state index contributed by atoms with van der Waals surface area (Å²) in [6, 6.07) is 17.3. The van der Waals surface area contributed by atoms with E-state index >= 15 is 0 Å². The zero-order chi connectivity index (χ0) is 19.5. The third kappa shape index (κ3) is 3.81. The van der Waals surface area contributed by atoms with Gasteiger partial charge in [0.1, 0.15) is 0 Å². The molecule has 1 atom stereocenters. The molecule has 0 amide bonds. The van der Waals surface area contributed by atoms with E-state index in [1.54, 1.807) is 11.8 Å². The zero-order valence-corrected chi connectivity index (χ0v) is 17.0. The van der Waals surface area contributed by atoms with Crippen molar-refractivity contribution in [3.63, 3.8) is 0 Å². The van der Waals surface area contributed by atoms with Gasteiger partial charge in [-0.2, -0.15) is 0 Å². The Bertz CT molecular complexity index is 1060. The number of benzene rings is 2. The summed E-state index contributed by atoms with van der Waals surface area (Å²) in [6.07, 6.45) is 0. The summed E-state index contributed by atoms with van der Waals surface area (Å²) in [4.78, 5) is 0. The van der Waals surface area contributed by atoms with Crippen molar-refractivity contribution in [2.45, 2.75) is 30.8 Å². The van der Waals surface area contributed by atoms with E-state index in [9.17, 15) is 0 Å². The second kappa shape index (κ2) is 8.16. The van der Waals surface area contributed by atoms with Crippen LogP contribution in [0.15, 0.2) is 64.2 Å². The molecule has 0 N–H and O–H groups in total. The average Bonchev–Trinajstić information content (AvgIpc) is 3.36. The van der Waals surface area contributed by atoms with Gasteiger partial charge in [-0.15, -0.1) is 20.4 Å². The van der Waals surface area contributed by atoms with Gasteiger partial charge in [0.05, 0.1) is 5.25 Å². The van der Waals surface area contributed by atoms with E-state index in [-0.39, 0.29) is 5.25 Å². The predicted octanol–water partition coefficient (Wildman–Crippen LogP) is 5.52. The number of nitrogens with zero attached hydrogens (tertiary/aromatic N) is 5. The normalized spacial score (nSPS) is 12.2. The molecule has 2 aromatic carbocycles. The first-order valence-electron chi connectivity index (χ1n) is 8.90. The lowest BCUT2D eigenvalue weighted by Gasteiger charge is -2.09. The van der Waals surface area contributed by atoms with E-state index in [0.717, 1.165) is 28.7 Å². The molecule has 0 saturated heterocycles. The summed E-state index contributed by atoms with van der Waals surface area (Å²) < 4.78 is 7.93. The Balaban J connectivity index is 1.56. The molecule has 142 valence electrons. The molecule has 0 unspecified atom stereocenters. The van der Waals surface area contributed by atoms with Gasteiger partial charge in [-0.3, -0.25) is 0 Å². The molecule has 0 fully saturated rings. The quantitative estimate of drug-likeness (QED) is 0.389. The maximum Gasteiger partial charge on any atom is 0.247 e. The summed E-state index contributed by atoms with van der Waals surface area (Å²) in [5.74, 6) is 1.88. The molecule has 0 aliphatic heterocycles. The van der Waals surface area contributed by atoms with Crippen LogP contribution in [0.1, 0.15) is 25.0 Å². The molecule has 2 heterocycles. The number of halogens is 1. The van der Waals surface area contributed by atoms with E-state index in [1.165, 1.54) is 0 Å². The second-order valence-corrected chi connectivity index (χ2v) is 7.87. The Kier molecular flexibility index (Phi) is 5.45. The van der Waals surface area contributed by atoms with Crippen LogP contribution in [-0.2, 0) is 6.54 Å². The first-order valence-corrected chi connectivity index (χ1v) is 10.2. The molecule has 4 rings (SSSR count). The van der Waals surface area contributed by atoms with Crippen LogP contribution in [0.5, 0.6) is 0 Å². The summed E-state index contributed by atoms with van der Waals surface area (Å²) in [7, 11) is 0. The molecule has 0 aliphatic carbocycles. The molecule has 0 radical (unpaired) electrons. The van der Waals surface area contributed by atoms with Crippen LogP contribution < -0.4 is 0 Å². The van der Waals surface area contributed by atoms with Crippen LogP contribution in [0.2, 0.25) is 5.02 Å². The standard InChI is InChI=1S/C20H18ClN5OS/c1-3-26-17(14-9-11-16(21)12-10-14)22-25-20(26)28-13(2)18-23-24-19(27-18)15-7-5-4-6-8-15/h4-13H,3H2,1-2H3/t13-/m1/s1. The molecule has 4 aromatic rings. The predicted molar refractivity (Wildman–Crippen MR) is 110 cm³/mol. The largest absolute Gasteiger partial charge is 0.419 e. The highest BCUT2D eigenvalue weighted by Gasteiger charge is 2.21. The van der Waals surface area contributed by atoms with E-state index in [2.05, 4.69) is 31.9 Å². The molecule has 0 spiro atoms. The Morgan fingerprint density at radius 3 is 2.43 bits per heavy atom. The van der Waals surface area contributed by atoms with Gasteiger partial charge in [0.25, 0.3) is 0 Å². The van der Waals surface area contributed by atoms with Crippen molar-refractivity contribution in [1.29, 1.82) is 0 Å². The highest BCUT2D eigenvalue weighted by atomic mass is 35.5. The van der Waals surface area contributed by atoms with Gasteiger partial charge in [0, 0.05) is 22.7 Å². The third-order valence-electron chi connectivity index (χ3n) is 4.23. The smallest absolute Gasteiger partial charge is 0.247 e. The van der Waals surface area contributed by atoms with Crippen LogP contribution >= 0.6 is 23.4 Å². The molecule has 6 nitrogen and oxygen atoms in total. The maximum absolute atomic E-state index is 5.99. The van der Waals surface area contributed by atoms with Gasteiger partial charge < -0.3 is 8.98 Å². The van der Waals surface area contributed by atoms with Crippen LogP contribution in [0, 0.1) is 0 Å². The SMILES string of the molecule is CCn1c(S[C@H](C)c2nnc(-c3ccccc3)o2)nnc1-c1ccc(Cl)cc1. The van der Waals surface area contributed by atoms with E-state index < -0.39 is 0 Å². The fourth-order valence-corrected chi connectivity index (χ4v) is 3.85. The molecule has 28 heavy (non-hydrogen) atoms. The van der Waals surface area contributed by atoms with Crippen molar-refractivity contribution in [3.05, 3.63) is 65.5 Å². The molecular formula is C20H18ClN5OS. The molecule has 0 saturated carbocycles. The molecule has 0 aliphatic rings. The Morgan fingerprint density at radius 2 is 1.71 bits per heavy atom. The summed E-state index contributed by atoms with van der Waals surface area (Å²) in [5, 5.41) is 18.6. The lowest BCUT2D eigenvalue weighted by atomic mass is 10.2. The van der Waals surface area contributed by atoms with Gasteiger partial charge >= 0.3 is 0 Å². The number of thioether (sulfide) groups is 1. The van der Waals surface area contributed by atoms with Gasteiger partial charge in [0.15, 0.2) is 11.0 Å². The maximum atomic E-state index is 5.99. The van der Waals surface area contributed by atoms with Crippen molar-refractivity contribution in [2.24, 2.45) is 0 Å². The summed E-state index contributed by atoms with van der Waals surface area (Å²) in [5.41, 5.74) is 1.88. The Hall–Kier alpha value is -2.64. The molecule has 8 heteroatoms. The van der Waals surface area contributed by atoms with Gasteiger partial charge in [-0.1, -0.05) is 41.6 Å². The fourth-order valence-electron chi connectivity index (χ4n) is 2.78. The highest BCUT2D eigenvalue weighted by molar-refractivity contribution is 7.99. The van der Waals surface area contributed by atoms with Gasteiger partial charge in [-0.05, 0) is 50.2 Å². The minimum atomic E-state index is -0.0578. The third-order valence-corrected chi connectivity index (χ3v) is 5.55.